The largest absolute Gasteiger partial charge is 0.481 e. The molecule has 2 rings (SSSR count). The minimum absolute atomic E-state index is 0.135. The molecule has 0 spiro atoms. The van der Waals surface area contributed by atoms with E-state index in [1.54, 1.807) is 19.4 Å². The van der Waals surface area contributed by atoms with Crippen molar-refractivity contribution in [2.45, 2.75) is 19.9 Å². The summed E-state index contributed by atoms with van der Waals surface area (Å²) in [5.74, 6) is 1.20. The quantitative estimate of drug-likeness (QED) is 0.817. The fraction of sp³-hybridized carbons (Fsp3) is 0.357. The summed E-state index contributed by atoms with van der Waals surface area (Å²) in [5, 5.41) is 3.15. The van der Waals surface area contributed by atoms with E-state index in [1.165, 1.54) is 6.07 Å². The van der Waals surface area contributed by atoms with E-state index < -0.39 is 0 Å². The predicted molar refractivity (Wildman–Crippen MR) is 75.8 cm³/mol. The van der Waals surface area contributed by atoms with E-state index in [9.17, 15) is 4.79 Å². The molecule has 0 aliphatic rings. The molecular weight excluding hydrogens is 256 g/mol. The lowest BCUT2D eigenvalue weighted by Gasteiger charge is -2.05. The Morgan fingerprint density at radius 1 is 1.40 bits per heavy atom. The molecule has 0 bridgehead atoms. The standard InChI is InChI=1S/C14H18N4O2/c1-3-15-9-11-7-13(19)18-12(17-11)6-10-4-5-14(20-2)16-8-10/h4-5,7-8,15H,3,6,9H2,1-2H3,(H,17,18,19). The van der Waals surface area contributed by atoms with Crippen LogP contribution in [0.4, 0.5) is 0 Å². The fourth-order valence-electron chi connectivity index (χ4n) is 1.82. The molecule has 0 fully saturated rings. The van der Waals surface area contributed by atoms with Crippen molar-refractivity contribution in [1.82, 2.24) is 20.3 Å². The van der Waals surface area contributed by atoms with Crippen LogP contribution in [0.25, 0.3) is 0 Å². The summed E-state index contributed by atoms with van der Waals surface area (Å²) >= 11 is 0. The number of aromatic nitrogens is 3. The van der Waals surface area contributed by atoms with E-state index in [0.717, 1.165) is 17.8 Å². The number of aromatic amines is 1. The van der Waals surface area contributed by atoms with Crippen LogP contribution < -0.4 is 15.6 Å². The van der Waals surface area contributed by atoms with E-state index >= 15 is 0 Å². The molecule has 2 aromatic heterocycles. The Balaban J connectivity index is 2.15. The third-order valence-corrected chi connectivity index (χ3v) is 2.78. The van der Waals surface area contributed by atoms with Gasteiger partial charge in [0.2, 0.25) is 5.88 Å². The summed E-state index contributed by atoms with van der Waals surface area (Å²) in [6.07, 6.45) is 2.25. The summed E-state index contributed by atoms with van der Waals surface area (Å²) in [4.78, 5) is 22.9. The van der Waals surface area contributed by atoms with E-state index in [-0.39, 0.29) is 5.56 Å². The number of pyridine rings is 1. The van der Waals surface area contributed by atoms with Crippen LogP contribution in [0, 0.1) is 0 Å². The summed E-state index contributed by atoms with van der Waals surface area (Å²) < 4.78 is 5.01. The topological polar surface area (TPSA) is 79.9 Å². The van der Waals surface area contributed by atoms with Crippen molar-refractivity contribution in [3.8, 4) is 5.88 Å². The zero-order valence-electron chi connectivity index (χ0n) is 11.6. The second-order valence-electron chi connectivity index (χ2n) is 4.35. The zero-order chi connectivity index (χ0) is 14.4. The molecule has 20 heavy (non-hydrogen) atoms. The third-order valence-electron chi connectivity index (χ3n) is 2.78. The molecule has 2 heterocycles. The molecule has 0 aromatic carbocycles. The molecule has 0 saturated carbocycles. The first kappa shape index (κ1) is 14.2. The average Bonchev–Trinajstić information content (AvgIpc) is 2.45. The van der Waals surface area contributed by atoms with Crippen LogP contribution >= 0.6 is 0 Å². The fourth-order valence-corrected chi connectivity index (χ4v) is 1.82. The minimum atomic E-state index is -0.135. The number of nitrogens with zero attached hydrogens (tertiary/aromatic N) is 2. The lowest BCUT2D eigenvalue weighted by atomic mass is 10.2. The van der Waals surface area contributed by atoms with Gasteiger partial charge in [0.05, 0.1) is 12.8 Å². The highest BCUT2D eigenvalue weighted by atomic mass is 16.5. The second-order valence-corrected chi connectivity index (χ2v) is 4.35. The van der Waals surface area contributed by atoms with Gasteiger partial charge in [0.15, 0.2) is 0 Å². The number of methoxy groups -OCH3 is 1. The van der Waals surface area contributed by atoms with Gasteiger partial charge < -0.3 is 15.0 Å². The molecule has 2 aromatic rings. The van der Waals surface area contributed by atoms with E-state index in [2.05, 4.69) is 20.3 Å². The van der Waals surface area contributed by atoms with Crippen LogP contribution in [0.3, 0.4) is 0 Å². The van der Waals surface area contributed by atoms with Crippen LogP contribution in [0.5, 0.6) is 5.88 Å². The first-order chi connectivity index (χ1) is 9.71. The van der Waals surface area contributed by atoms with Crippen LogP contribution in [0.2, 0.25) is 0 Å². The summed E-state index contributed by atoms with van der Waals surface area (Å²) in [6, 6.07) is 5.21. The van der Waals surface area contributed by atoms with Crippen molar-refractivity contribution in [2.75, 3.05) is 13.7 Å². The van der Waals surface area contributed by atoms with Gasteiger partial charge in [-0.3, -0.25) is 4.79 Å². The molecule has 0 atom stereocenters. The molecule has 0 aliphatic carbocycles. The highest BCUT2D eigenvalue weighted by molar-refractivity contribution is 5.21. The van der Waals surface area contributed by atoms with Gasteiger partial charge in [-0.1, -0.05) is 13.0 Å². The third kappa shape index (κ3) is 3.89. The molecule has 6 heteroatoms. The van der Waals surface area contributed by atoms with Gasteiger partial charge in [0.25, 0.3) is 5.56 Å². The van der Waals surface area contributed by atoms with Crippen molar-refractivity contribution in [3.63, 3.8) is 0 Å². The van der Waals surface area contributed by atoms with Gasteiger partial charge in [0.1, 0.15) is 5.82 Å². The van der Waals surface area contributed by atoms with Gasteiger partial charge >= 0.3 is 0 Å². The normalized spacial score (nSPS) is 10.5. The molecule has 0 amide bonds. The Morgan fingerprint density at radius 2 is 2.25 bits per heavy atom. The minimum Gasteiger partial charge on any atom is -0.481 e. The monoisotopic (exact) mass is 274 g/mol. The number of nitrogens with one attached hydrogen (secondary N) is 2. The first-order valence-electron chi connectivity index (χ1n) is 6.50. The zero-order valence-corrected chi connectivity index (χ0v) is 11.6. The molecular formula is C14H18N4O2. The van der Waals surface area contributed by atoms with Gasteiger partial charge in [-0.15, -0.1) is 0 Å². The van der Waals surface area contributed by atoms with Gasteiger partial charge in [-0.2, -0.15) is 0 Å². The summed E-state index contributed by atoms with van der Waals surface area (Å²) in [7, 11) is 1.57. The Hall–Kier alpha value is -2.21. The SMILES string of the molecule is CCNCc1cc(=O)[nH]c(Cc2ccc(OC)nc2)n1. The van der Waals surface area contributed by atoms with E-state index in [1.807, 2.05) is 13.0 Å². The number of H-pyrrole nitrogens is 1. The van der Waals surface area contributed by atoms with Crippen molar-refractivity contribution in [3.05, 3.63) is 51.8 Å². The number of hydrogen-bond donors (Lipinski definition) is 2. The number of rotatable bonds is 6. The Bertz CT molecular complexity index is 607. The molecule has 6 nitrogen and oxygen atoms in total. The molecule has 2 N–H and O–H groups in total. The highest BCUT2D eigenvalue weighted by Gasteiger charge is 2.03. The molecule has 0 unspecified atom stereocenters. The van der Waals surface area contributed by atoms with Crippen LogP contribution in [0.15, 0.2) is 29.2 Å². The first-order valence-corrected chi connectivity index (χ1v) is 6.50. The van der Waals surface area contributed by atoms with Crippen molar-refractivity contribution in [2.24, 2.45) is 0 Å². The molecule has 0 aliphatic heterocycles. The maximum Gasteiger partial charge on any atom is 0.251 e. The van der Waals surface area contributed by atoms with Crippen LogP contribution in [0.1, 0.15) is 24.0 Å². The van der Waals surface area contributed by atoms with E-state index in [0.29, 0.717) is 24.7 Å². The van der Waals surface area contributed by atoms with Crippen molar-refractivity contribution < 1.29 is 4.74 Å². The van der Waals surface area contributed by atoms with Gasteiger partial charge in [-0.25, -0.2) is 9.97 Å². The Labute approximate surface area is 117 Å². The Morgan fingerprint density at radius 3 is 2.90 bits per heavy atom. The maximum atomic E-state index is 11.6. The summed E-state index contributed by atoms with van der Waals surface area (Å²) in [6.45, 7) is 3.44. The number of hydrogen-bond acceptors (Lipinski definition) is 5. The molecule has 0 radical (unpaired) electrons. The highest BCUT2D eigenvalue weighted by Crippen LogP contribution is 2.09. The van der Waals surface area contributed by atoms with Crippen LogP contribution in [-0.2, 0) is 13.0 Å². The number of ether oxygens (including phenoxy) is 1. The van der Waals surface area contributed by atoms with Crippen LogP contribution in [-0.4, -0.2) is 28.6 Å². The maximum absolute atomic E-state index is 11.6. The Kier molecular flexibility index (Phi) is 4.84. The lowest BCUT2D eigenvalue weighted by molar-refractivity contribution is 0.397. The predicted octanol–water partition coefficient (Wildman–Crippen LogP) is 0.874. The van der Waals surface area contributed by atoms with Gasteiger partial charge in [-0.05, 0) is 12.1 Å². The summed E-state index contributed by atoms with van der Waals surface area (Å²) in [5.41, 5.74) is 1.57. The van der Waals surface area contributed by atoms with Crippen molar-refractivity contribution in [1.29, 1.82) is 0 Å². The molecule has 106 valence electrons. The van der Waals surface area contributed by atoms with Crippen molar-refractivity contribution >= 4 is 0 Å². The second kappa shape index (κ2) is 6.81. The molecule has 0 saturated heterocycles. The average molecular weight is 274 g/mol. The van der Waals surface area contributed by atoms with Gasteiger partial charge in [0, 0.05) is 31.3 Å². The van der Waals surface area contributed by atoms with E-state index in [4.69, 9.17) is 4.74 Å². The smallest absolute Gasteiger partial charge is 0.251 e. The lowest BCUT2D eigenvalue weighted by Crippen LogP contribution is -2.18.